The third kappa shape index (κ3) is 1.96. The molecule has 3 heterocycles. The first-order chi connectivity index (χ1) is 15.3. The monoisotopic (exact) mass is 400 g/mol. The van der Waals surface area contributed by atoms with Gasteiger partial charge in [0, 0.05) is 11.1 Å². The molecule has 3 nitrogen and oxygen atoms in total. The van der Waals surface area contributed by atoms with Gasteiger partial charge in [-0.2, -0.15) is 0 Å². The van der Waals surface area contributed by atoms with Gasteiger partial charge in [0.1, 0.15) is 22.7 Å². The molecule has 31 heavy (non-hydrogen) atoms. The van der Waals surface area contributed by atoms with Gasteiger partial charge in [-0.25, -0.2) is 4.98 Å². The van der Waals surface area contributed by atoms with Crippen molar-refractivity contribution in [2.75, 3.05) is 0 Å². The van der Waals surface area contributed by atoms with E-state index in [-0.39, 0.29) is 0 Å². The van der Waals surface area contributed by atoms with Crippen molar-refractivity contribution in [3.8, 4) is 17.2 Å². The molecule has 0 fully saturated rings. The number of hydrogen-bond donors (Lipinski definition) is 0. The Kier molecular flexibility index (Phi) is 3.19. The third-order valence-corrected chi connectivity index (χ3v) is 6.81. The summed E-state index contributed by atoms with van der Waals surface area (Å²) in [6.45, 7) is 2.20. The SMILES string of the molecule is CCc1ccc2c(c1)C1(c3ccccc3O2)c2ccccc2-n2c1nc1ccccc12. The molecule has 2 aliphatic rings. The van der Waals surface area contributed by atoms with Crippen LogP contribution in [0, 0.1) is 0 Å². The van der Waals surface area contributed by atoms with Crippen LogP contribution in [0.15, 0.2) is 91.0 Å². The molecule has 1 aromatic heterocycles. The molecule has 5 aromatic rings. The summed E-state index contributed by atoms with van der Waals surface area (Å²) in [5.41, 5.74) is 7.72. The number of fused-ring (bicyclic) bond motifs is 11. The van der Waals surface area contributed by atoms with E-state index >= 15 is 0 Å². The second-order valence-electron chi connectivity index (χ2n) is 8.31. The molecule has 148 valence electrons. The summed E-state index contributed by atoms with van der Waals surface area (Å²) in [6.07, 6.45) is 0.975. The number of benzene rings is 4. The van der Waals surface area contributed by atoms with Gasteiger partial charge in [-0.05, 0) is 47.9 Å². The summed E-state index contributed by atoms with van der Waals surface area (Å²) >= 11 is 0. The molecule has 0 saturated carbocycles. The van der Waals surface area contributed by atoms with E-state index in [1.807, 2.05) is 6.07 Å². The van der Waals surface area contributed by atoms with Crippen molar-refractivity contribution in [2.45, 2.75) is 18.8 Å². The van der Waals surface area contributed by atoms with Gasteiger partial charge in [-0.15, -0.1) is 0 Å². The predicted molar refractivity (Wildman–Crippen MR) is 122 cm³/mol. The van der Waals surface area contributed by atoms with Gasteiger partial charge in [0.15, 0.2) is 0 Å². The van der Waals surface area contributed by atoms with E-state index < -0.39 is 5.41 Å². The zero-order valence-electron chi connectivity index (χ0n) is 17.2. The van der Waals surface area contributed by atoms with Crippen LogP contribution in [0.3, 0.4) is 0 Å². The minimum atomic E-state index is -0.509. The number of nitrogens with zero attached hydrogens (tertiary/aromatic N) is 2. The van der Waals surface area contributed by atoms with Crippen LogP contribution in [0.4, 0.5) is 0 Å². The van der Waals surface area contributed by atoms with E-state index in [9.17, 15) is 0 Å². The van der Waals surface area contributed by atoms with Crippen molar-refractivity contribution >= 4 is 11.0 Å². The smallest absolute Gasteiger partial charge is 0.134 e. The van der Waals surface area contributed by atoms with Crippen LogP contribution in [0.25, 0.3) is 16.7 Å². The second kappa shape index (κ2) is 5.86. The lowest BCUT2D eigenvalue weighted by molar-refractivity contribution is 0.432. The second-order valence-corrected chi connectivity index (χ2v) is 8.31. The predicted octanol–water partition coefficient (Wildman–Crippen LogP) is 6.39. The lowest BCUT2D eigenvalue weighted by Gasteiger charge is -2.37. The number of aryl methyl sites for hydroxylation is 1. The van der Waals surface area contributed by atoms with E-state index in [0.29, 0.717) is 0 Å². The Labute approximate surface area is 180 Å². The van der Waals surface area contributed by atoms with Crippen molar-refractivity contribution in [1.29, 1.82) is 0 Å². The molecule has 0 saturated heterocycles. The van der Waals surface area contributed by atoms with Gasteiger partial charge < -0.3 is 4.74 Å². The van der Waals surface area contributed by atoms with Crippen molar-refractivity contribution in [2.24, 2.45) is 0 Å². The summed E-state index contributed by atoms with van der Waals surface area (Å²) in [5, 5.41) is 0. The number of ether oxygens (including phenoxy) is 1. The van der Waals surface area contributed by atoms with Crippen molar-refractivity contribution in [3.63, 3.8) is 0 Å². The van der Waals surface area contributed by atoms with Crippen LogP contribution in [-0.4, -0.2) is 9.55 Å². The minimum absolute atomic E-state index is 0.509. The average molecular weight is 400 g/mol. The topological polar surface area (TPSA) is 27.1 Å². The molecule has 0 radical (unpaired) electrons. The van der Waals surface area contributed by atoms with E-state index in [1.165, 1.54) is 22.4 Å². The van der Waals surface area contributed by atoms with E-state index in [2.05, 4.69) is 96.4 Å². The zero-order valence-corrected chi connectivity index (χ0v) is 17.2. The van der Waals surface area contributed by atoms with Crippen LogP contribution in [0.2, 0.25) is 0 Å². The van der Waals surface area contributed by atoms with Gasteiger partial charge in [0.25, 0.3) is 0 Å². The van der Waals surface area contributed by atoms with Gasteiger partial charge in [0.05, 0.1) is 16.7 Å². The molecule has 0 bridgehead atoms. The maximum Gasteiger partial charge on any atom is 0.134 e. The molecule has 3 heteroatoms. The highest BCUT2D eigenvalue weighted by Gasteiger charge is 2.53. The number of hydrogen-bond acceptors (Lipinski definition) is 2. The van der Waals surface area contributed by atoms with E-state index in [1.54, 1.807) is 0 Å². The molecule has 1 spiro atoms. The Hall–Kier alpha value is -3.85. The fraction of sp³-hybridized carbons (Fsp3) is 0.107. The molecular weight excluding hydrogens is 380 g/mol. The Bertz CT molecular complexity index is 1510. The number of rotatable bonds is 1. The summed E-state index contributed by atoms with van der Waals surface area (Å²) < 4.78 is 8.77. The Morgan fingerprint density at radius 3 is 2.42 bits per heavy atom. The highest BCUT2D eigenvalue weighted by Crippen LogP contribution is 2.59. The number of aromatic nitrogens is 2. The Morgan fingerprint density at radius 1 is 0.774 bits per heavy atom. The fourth-order valence-electron chi connectivity index (χ4n) is 5.47. The van der Waals surface area contributed by atoms with Gasteiger partial charge in [-0.3, -0.25) is 4.57 Å². The third-order valence-electron chi connectivity index (χ3n) is 6.81. The van der Waals surface area contributed by atoms with Crippen LogP contribution >= 0.6 is 0 Å². The summed E-state index contributed by atoms with van der Waals surface area (Å²) in [4.78, 5) is 5.25. The normalized spacial score (nSPS) is 17.7. The maximum atomic E-state index is 6.43. The molecule has 0 N–H and O–H groups in total. The molecular formula is C28H20N2O. The first-order valence-electron chi connectivity index (χ1n) is 10.8. The van der Waals surface area contributed by atoms with Gasteiger partial charge >= 0.3 is 0 Å². The number of imidazole rings is 1. The molecule has 0 amide bonds. The van der Waals surface area contributed by atoms with E-state index in [0.717, 1.165) is 40.3 Å². The maximum absolute atomic E-state index is 6.43. The van der Waals surface area contributed by atoms with Crippen LogP contribution in [-0.2, 0) is 11.8 Å². The first-order valence-corrected chi connectivity index (χ1v) is 10.8. The van der Waals surface area contributed by atoms with Crippen LogP contribution in [0.5, 0.6) is 11.5 Å². The molecule has 4 aromatic carbocycles. The lowest BCUT2D eigenvalue weighted by atomic mass is 9.68. The first kappa shape index (κ1) is 16.9. The van der Waals surface area contributed by atoms with E-state index in [4.69, 9.17) is 9.72 Å². The fourth-order valence-corrected chi connectivity index (χ4v) is 5.47. The van der Waals surface area contributed by atoms with Crippen LogP contribution < -0.4 is 4.74 Å². The van der Waals surface area contributed by atoms with Crippen molar-refractivity contribution in [3.05, 3.63) is 119 Å². The van der Waals surface area contributed by atoms with Gasteiger partial charge in [0.2, 0.25) is 0 Å². The zero-order chi connectivity index (χ0) is 20.6. The summed E-state index contributed by atoms with van der Waals surface area (Å²) in [7, 11) is 0. The standard InChI is InChI=1S/C28H20N2O/c1-2-18-15-16-26-21(17-18)28(20-10-4-8-14-25(20)31-26)19-9-3-6-12-23(19)30-24-13-7-5-11-22(24)29-27(28)30/h3-17H,2H2,1H3. The Balaban J connectivity index is 1.73. The molecule has 0 aliphatic carbocycles. The summed E-state index contributed by atoms with van der Waals surface area (Å²) in [6, 6.07) is 32.2. The van der Waals surface area contributed by atoms with Crippen molar-refractivity contribution in [1.82, 2.24) is 9.55 Å². The van der Waals surface area contributed by atoms with Gasteiger partial charge in [-0.1, -0.05) is 67.6 Å². The average Bonchev–Trinajstić information content (AvgIpc) is 3.34. The Morgan fingerprint density at radius 2 is 1.52 bits per heavy atom. The summed E-state index contributed by atoms with van der Waals surface area (Å²) in [5.74, 6) is 2.85. The van der Waals surface area contributed by atoms with Crippen molar-refractivity contribution < 1.29 is 4.74 Å². The molecule has 1 atom stereocenters. The highest BCUT2D eigenvalue weighted by atomic mass is 16.5. The lowest BCUT2D eigenvalue weighted by Crippen LogP contribution is -2.33. The minimum Gasteiger partial charge on any atom is -0.457 e. The van der Waals surface area contributed by atoms with Crippen LogP contribution in [0.1, 0.15) is 35.0 Å². The molecule has 7 rings (SSSR count). The quantitative estimate of drug-likeness (QED) is 0.319. The largest absolute Gasteiger partial charge is 0.457 e. The highest BCUT2D eigenvalue weighted by molar-refractivity contribution is 5.85. The molecule has 2 aliphatic heterocycles. The number of para-hydroxylation sites is 4. The molecule has 1 unspecified atom stereocenters.